The van der Waals surface area contributed by atoms with Crippen molar-refractivity contribution in [2.75, 3.05) is 0 Å². The topological polar surface area (TPSA) is 26.0 Å². The van der Waals surface area contributed by atoms with Crippen molar-refractivity contribution in [3.8, 4) is 0 Å². The quantitative estimate of drug-likeness (QED) is 0.847. The van der Waals surface area contributed by atoms with E-state index in [4.69, 9.17) is 5.73 Å². The van der Waals surface area contributed by atoms with Crippen molar-refractivity contribution in [1.82, 2.24) is 0 Å². The summed E-state index contributed by atoms with van der Waals surface area (Å²) in [6.07, 6.45) is 3.75. The second-order valence-electron chi connectivity index (χ2n) is 5.00. The van der Waals surface area contributed by atoms with Gasteiger partial charge in [0.1, 0.15) is 0 Å². The highest BCUT2D eigenvalue weighted by Gasteiger charge is 2.26. The van der Waals surface area contributed by atoms with Crippen molar-refractivity contribution in [3.63, 3.8) is 0 Å². The van der Waals surface area contributed by atoms with Crippen molar-refractivity contribution in [3.05, 3.63) is 29.8 Å². The fourth-order valence-electron chi connectivity index (χ4n) is 2.34. The van der Waals surface area contributed by atoms with Gasteiger partial charge < -0.3 is 5.73 Å². The summed E-state index contributed by atoms with van der Waals surface area (Å²) in [7, 11) is 0. The first-order valence-electron chi connectivity index (χ1n) is 6.14. The molecule has 0 aromatic heterocycles. The normalized spacial score (nSPS) is 30.3. The molecule has 0 saturated heterocycles. The Morgan fingerprint density at radius 1 is 1.25 bits per heavy atom. The third-order valence-corrected chi connectivity index (χ3v) is 5.03. The van der Waals surface area contributed by atoms with Crippen molar-refractivity contribution in [2.24, 2.45) is 11.7 Å². The zero-order chi connectivity index (χ0) is 11.5. The first-order valence-corrected chi connectivity index (χ1v) is 7.02. The smallest absolute Gasteiger partial charge is 0.0248 e. The van der Waals surface area contributed by atoms with Crippen LogP contribution in [0.4, 0.5) is 0 Å². The highest BCUT2D eigenvalue weighted by atomic mass is 32.2. The number of rotatable bonds is 2. The maximum atomic E-state index is 6.22. The Morgan fingerprint density at radius 3 is 2.75 bits per heavy atom. The summed E-state index contributed by atoms with van der Waals surface area (Å²) in [5.74, 6) is 0.835. The number of hydrogen-bond donors (Lipinski definition) is 1. The maximum absolute atomic E-state index is 6.22. The van der Waals surface area contributed by atoms with Crippen LogP contribution in [0.3, 0.4) is 0 Å². The molecule has 1 aliphatic rings. The van der Waals surface area contributed by atoms with Crippen LogP contribution in [-0.2, 0) is 0 Å². The van der Waals surface area contributed by atoms with Crippen molar-refractivity contribution in [2.45, 2.75) is 49.3 Å². The third-order valence-electron chi connectivity index (χ3n) is 3.48. The second kappa shape index (κ2) is 5.24. The lowest BCUT2D eigenvalue weighted by Crippen LogP contribution is -2.37. The van der Waals surface area contributed by atoms with Crippen LogP contribution in [0.5, 0.6) is 0 Å². The molecule has 1 aromatic rings. The summed E-state index contributed by atoms with van der Waals surface area (Å²) < 4.78 is 0. The molecule has 2 N–H and O–H groups in total. The predicted molar refractivity (Wildman–Crippen MR) is 71.8 cm³/mol. The van der Waals surface area contributed by atoms with Crippen molar-refractivity contribution in [1.29, 1.82) is 0 Å². The fraction of sp³-hybridized carbons (Fsp3) is 0.571. The van der Waals surface area contributed by atoms with E-state index >= 15 is 0 Å². The summed E-state index contributed by atoms with van der Waals surface area (Å²) in [5, 5.41) is 0.602. The van der Waals surface area contributed by atoms with Crippen molar-refractivity contribution >= 4 is 11.8 Å². The van der Waals surface area contributed by atoms with E-state index in [1.807, 2.05) is 11.8 Å². The second-order valence-corrected chi connectivity index (χ2v) is 6.28. The Bertz CT molecular complexity index is 350. The lowest BCUT2D eigenvalue weighted by Gasteiger charge is -2.32. The molecular weight excluding hydrogens is 214 g/mol. The van der Waals surface area contributed by atoms with Gasteiger partial charge >= 0.3 is 0 Å². The monoisotopic (exact) mass is 235 g/mol. The molecule has 2 heteroatoms. The van der Waals surface area contributed by atoms with Crippen LogP contribution in [0.25, 0.3) is 0 Å². The van der Waals surface area contributed by atoms with Gasteiger partial charge in [-0.2, -0.15) is 0 Å². The van der Waals surface area contributed by atoms with Crippen LogP contribution >= 0.6 is 11.8 Å². The first kappa shape index (κ1) is 12.0. The summed E-state index contributed by atoms with van der Waals surface area (Å²) in [4.78, 5) is 1.40. The lowest BCUT2D eigenvalue weighted by molar-refractivity contribution is 0.357. The van der Waals surface area contributed by atoms with Crippen LogP contribution in [-0.4, -0.2) is 11.3 Å². The Labute approximate surface area is 103 Å². The van der Waals surface area contributed by atoms with Gasteiger partial charge in [0, 0.05) is 16.2 Å². The maximum Gasteiger partial charge on any atom is 0.0248 e. The predicted octanol–water partition coefficient (Wildman–Crippen LogP) is 3.60. The highest BCUT2D eigenvalue weighted by Crippen LogP contribution is 2.36. The van der Waals surface area contributed by atoms with Gasteiger partial charge in [-0.3, -0.25) is 0 Å². The molecule has 0 bridgehead atoms. The van der Waals surface area contributed by atoms with E-state index < -0.39 is 0 Å². The molecular formula is C14H21NS. The number of nitrogens with two attached hydrogens (primary N) is 1. The molecule has 3 atom stereocenters. The van der Waals surface area contributed by atoms with E-state index in [-0.39, 0.29) is 0 Å². The van der Waals surface area contributed by atoms with E-state index in [0.717, 1.165) is 5.92 Å². The molecule has 0 amide bonds. The van der Waals surface area contributed by atoms with E-state index in [0.29, 0.717) is 11.3 Å². The lowest BCUT2D eigenvalue weighted by atomic mass is 9.87. The fourth-order valence-corrected chi connectivity index (χ4v) is 3.81. The van der Waals surface area contributed by atoms with Gasteiger partial charge in [-0.05, 0) is 43.7 Å². The summed E-state index contributed by atoms with van der Waals surface area (Å²) in [6.45, 7) is 4.53. The molecule has 0 aliphatic heterocycles. The van der Waals surface area contributed by atoms with Gasteiger partial charge in [-0.15, -0.1) is 11.8 Å². The standard InChI is InChI=1S/C14H21NS/c1-10-7-8-12(15)14(9-10)16-13-6-4-3-5-11(13)2/h3-6,10,12,14H,7-9,15H2,1-2H3. The molecule has 1 nitrogen and oxygen atoms in total. The number of aryl methyl sites for hydroxylation is 1. The number of hydrogen-bond acceptors (Lipinski definition) is 2. The minimum Gasteiger partial charge on any atom is -0.327 e. The molecule has 1 fully saturated rings. The molecule has 88 valence electrons. The van der Waals surface area contributed by atoms with Gasteiger partial charge in [0.15, 0.2) is 0 Å². The summed E-state index contributed by atoms with van der Waals surface area (Å²) >= 11 is 1.98. The molecule has 1 aliphatic carbocycles. The molecule has 0 heterocycles. The molecule has 0 radical (unpaired) electrons. The van der Waals surface area contributed by atoms with E-state index in [9.17, 15) is 0 Å². The minimum absolute atomic E-state index is 0.376. The van der Waals surface area contributed by atoms with Crippen LogP contribution in [0.15, 0.2) is 29.2 Å². The highest BCUT2D eigenvalue weighted by molar-refractivity contribution is 8.00. The Morgan fingerprint density at radius 2 is 2.00 bits per heavy atom. The van der Waals surface area contributed by atoms with E-state index in [2.05, 4.69) is 38.1 Å². The third kappa shape index (κ3) is 2.80. The zero-order valence-corrected chi connectivity index (χ0v) is 11.0. The molecule has 0 spiro atoms. The molecule has 1 saturated carbocycles. The Hall–Kier alpha value is -0.470. The number of thioether (sulfide) groups is 1. The molecule has 3 unspecified atom stereocenters. The van der Waals surface area contributed by atoms with Gasteiger partial charge in [0.25, 0.3) is 0 Å². The van der Waals surface area contributed by atoms with Gasteiger partial charge in [0.05, 0.1) is 0 Å². The Balaban J connectivity index is 2.06. The van der Waals surface area contributed by atoms with Crippen LogP contribution < -0.4 is 5.73 Å². The van der Waals surface area contributed by atoms with Gasteiger partial charge in [-0.1, -0.05) is 25.1 Å². The largest absolute Gasteiger partial charge is 0.327 e. The molecule has 2 rings (SSSR count). The summed E-state index contributed by atoms with van der Waals surface area (Å²) in [6, 6.07) is 8.99. The number of benzene rings is 1. The van der Waals surface area contributed by atoms with Gasteiger partial charge in [-0.25, -0.2) is 0 Å². The van der Waals surface area contributed by atoms with Crippen molar-refractivity contribution < 1.29 is 0 Å². The van der Waals surface area contributed by atoms with E-state index in [1.165, 1.54) is 29.7 Å². The Kier molecular flexibility index (Phi) is 3.93. The van der Waals surface area contributed by atoms with E-state index in [1.54, 1.807) is 0 Å². The summed E-state index contributed by atoms with van der Waals surface area (Å²) in [5.41, 5.74) is 7.59. The zero-order valence-electron chi connectivity index (χ0n) is 10.1. The average molecular weight is 235 g/mol. The van der Waals surface area contributed by atoms with Crippen LogP contribution in [0, 0.1) is 12.8 Å². The average Bonchev–Trinajstić information content (AvgIpc) is 2.27. The van der Waals surface area contributed by atoms with Gasteiger partial charge in [0.2, 0.25) is 0 Å². The first-order chi connectivity index (χ1) is 7.66. The minimum atomic E-state index is 0.376. The molecule has 1 aromatic carbocycles. The SMILES string of the molecule is Cc1ccccc1SC1CC(C)CCC1N. The van der Waals surface area contributed by atoms with Crippen LogP contribution in [0.1, 0.15) is 31.7 Å². The molecule has 16 heavy (non-hydrogen) atoms. The van der Waals surface area contributed by atoms with Crippen LogP contribution in [0.2, 0.25) is 0 Å².